The molecule has 0 spiro atoms. The summed E-state index contributed by atoms with van der Waals surface area (Å²) in [5, 5.41) is 3.11. The maximum atomic E-state index is 12.8. The first kappa shape index (κ1) is 16.5. The van der Waals surface area contributed by atoms with Crippen LogP contribution in [0.15, 0.2) is 22.7 Å². The summed E-state index contributed by atoms with van der Waals surface area (Å²) < 4.78 is 39.0. The van der Waals surface area contributed by atoms with Crippen molar-refractivity contribution in [3.05, 3.63) is 33.8 Å². The Morgan fingerprint density at radius 3 is 2.42 bits per heavy atom. The van der Waals surface area contributed by atoms with Crippen molar-refractivity contribution in [2.24, 2.45) is 5.92 Å². The normalized spacial score (nSPS) is 15.3. The lowest BCUT2D eigenvalue weighted by Gasteiger charge is -2.22. The minimum atomic E-state index is -4.30. The molecule has 0 aromatic heterocycles. The summed E-state index contributed by atoms with van der Waals surface area (Å²) in [4.78, 5) is 0. The topological polar surface area (TPSA) is 12.0 Å². The molecule has 2 atom stereocenters. The summed E-state index contributed by atoms with van der Waals surface area (Å²) in [6, 6.07) is 3.72. The first-order valence-corrected chi connectivity index (χ1v) is 7.12. The summed E-state index contributed by atoms with van der Waals surface area (Å²) in [6.07, 6.45) is -2.48. The molecule has 108 valence electrons. The van der Waals surface area contributed by atoms with Crippen LogP contribution in [0.2, 0.25) is 0 Å². The molecule has 1 N–H and O–H groups in total. The molecule has 1 aromatic carbocycles. The number of rotatable bonds is 5. The minimum absolute atomic E-state index is 0.0772. The SMILES string of the molecule is CCC(C)CC(NC)c1cc(C(F)(F)F)ccc1Br. The van der Waals surface area contributed by atoms with E-state index in [0.29, 0.717) is 16.0 Å². The molecular weight excluding hydrogens is 319 g/mol. The van der Waals surface area contributed by atoms with Crippen LogP contribution in [-0.4, -0.2) is 7.05 Å². The Balaban J connectivity index is 3.09. The van der Waals surface area contributed by atoms with Crippen LogP contribution in [0.5, 0.6) is 0 Å². The van der Waals surface area contributed by atoms with Crippen molar-refractivity contribution in [1.82, 2.24) is 5.32 Å². The van der Waals surface area contributed by atoms with E-state index in [1.54, 1.807) is 7.05 Å². The van der Waals surface area contributed by atoms with Gasteiger partial charge in [-0.3, -0.25) is 0 Å². The number of benzene rings is 1. The zero-order valence-electron chi connectivity index (χ0n) is 11.3. The maximum Gasteiger partial charge on any atom is 0.416 e. The highest BCUT2D eigenvalue weighted by molar-refractivity contribution is 9.10. The summed E-state index contributed by atoms with van der Waals surface area (Å²) in [7, 11) is 1.78. The van der Waals surface area contributed by atoms with Crippen molar-refractivity contribution in [2.45, 2.75) is 38.9 Å². The van der Waals surface area contributed by atoms with Crippen LogP contribution < -0.4 is 5.32 Å². The quantitative estimate of drug-likeness (QED) is 0.781. The van der Waals surface area contributed by atoms with Gasteiger partial charge in [-0.2, -0.15) is 13.2 Å². The second kappa shape index (κ2) is 6.75. The van der Waals surface area contributed by atoms with E-state index in [9.17, 15) is 13.2 Å². The lowest BCUT2D eigenvalue weighted by Crippen LogP contribution is -2.20. The third-order valence-corrected chi connectivity index (χ3v) is 4.10. The molecule has 5 heteroatoms. The molecule has 0 radical (unpaired) electrons. The second-order valence-corrected chi connectivity index (χ2v) is 5.68. The standard InChI is InChI=1S/C14H19BrF3N/c1-4-9(2)7-13(19-3)11-8-10(14(16,17)18)5-6-12(11)15/h5-6,8-9,13,19H,4,7H2,1-3H3. The zero-order chi connectivity index (χ0) is 14.6. The van der Waals surface area contributed by atoms with Gasteiger partial charge >= 0.3 is 6.18 Å². The Kier molecular flexibility index (Phi) is 5.86. The number of hydrogen-bond donors (Lipinski definition) is 1. The van der Waals surface area contributed by atoms with Gasteiger partial charge in [-0.25, -0.2) is 0 Å². The Labute approximate surface area is 120 Å². The van der Waals surface area contributed by atoms with Crippen molar-refractivity contribution in [2.75, 3.05) is 7.05 Å². The van der Waals surface area contributed by atoms with E-state index in [1.165, 1.54) is 12.1 Å². The van der Waals surface area contributed by atoms with Crippen LogP contribution >= 0.6 is 15.9 Å². The molecule has 1 rings (SSSR count). The Morgan fingerprint density at radius 2 is 1.95 bits per heavy atom. The molecule has 0 aliphatic heterocycles. The van der Waals surface area contributed by atoms with Gasteiger partial charge in [0.15, 0.2) is 0 Å². The van der Waals surface area contributed by atoms with E-state index >= 15 is 0 Å². The molecule has 0 amide bonds. The average Bonchev–Trinajstić information content (AvgIpc) is 2.35. The summed E-state index contributed by atoms with van der Waals surface area (Å²) >= 11 is 3.34. The average molecular weight is 338 g/mol. The predicted octanol–water partition coefficient (Wildman–Crippen LogP) is 5.16. The van der Waals surface area contributed by atoms with Gasteiger partial charge in [-0.15, -0.1) is 0 Å². The highest BCUT2D eigenvalue weighted by Gasteiger charge is 2.31. The highest BCUT2D eigenvalue weighted by Crippen LogP contribution is 2.35. The van der Waals surface area contributed by atoms with Gasteiger partial charge in [-0.1, -0.05) is 36.2 Å². The Hall–Kier alpha value is -0.550. The Bertz CT molecular complexity index is 418. The third-order valence-electron chi connectivity index (χ3n) is 3.38. The molecule has 0 aliphatic carbocycles. The van der Waals surface area contributed by atoms with Gasteiger partial charge in [0.05, 0.1) is 5.56 Å². The number of nitrogens with one attached hydrogen (secondary N) is 1. The molecule has 19 heavy (non-hydrogen) atoms. The number of halogens is 4. The molecule has 0 aliphatic rings. The summed E-state index contributed by atoms with van der Waals surface area (Å²) in [6.45, 7) is 4.18. The second-order valence-electron chi connectivity index (χ2n) is 4.82. The van der Waals surface area contributed by atoms with Gasteiger partial charge in [0, 0.05) is 10.5 Å². The van der Waals surface area contributed by atoms with Crippen LogP contribution in [0.1, 0.15) is 43.9 Å². The summed E-state index contributed by atoms with van der Waals surface area (Å²) in [5.41, 5.74) is 0.0627. The fourth-order valence-corrected chi connectivity index (χ4v) is 2.48. The van der Waals surface area contributed by atoms with E-state index < -0.39 is 11.7 Å². The fraction of sp³-hybridized carbons (Fsp3) is 0.571. The third kappa shape index (κ3) is 4.49. The van der Waals surface area contributed by atoms with E-state index in [-0.39, 0.29) is 6.04 Å². The number of alkyl halides is 3. The molecule has 0 heterocycles. The van der Waals surface area contributed by atoms with Crippen molar-refractivity contribution in [3.63, 3.8) is 0 Å². The molecular formula is C14H19BrF3N. The van der Waals surface area contributed by atoms with E-state index in [0.717, 1.165) is 18.9 Å². The molecule has 1 aromatic rings. The fourth-order valence-electron chi connectivity index (χ4n) is 1.96. The van der Waals surface area contributed by atoms with Crippen LogP contribution in [0.25, 0.3) is 0 Å². The first-order valence-electron chi connectivity index (χ1n) is 6.33. The van der Waals surface area contributed by atoms with Crippen LogP contribution in [0.3, 0.4) is 0 Å². The van der Waals surface area contributed by atoms with E-state index in [4.69, 9.17) is 0 Å². The van der Waals surface area contributed by atoms with Gasteiger partial charge in [0.2, 0.25) is 0 Å². The largest absolute Gasteiger partial charge is 0.416 e. The van der Waals surface area contributed by atoms with Crippen molar-refractivity contribution < 1.29 is 13.2 Å². The lowest BCUT2D eigenvalue weighted by molar-refractivity contribution is -0.137. The maximum absolute atomic E-state index is 12.8. The van der Waals surface area contributed by atoms with Gasteiger partial charge in [-0.05, 0) is 43.1 Å². The van der Waals surface area contributed by atoms with Crippen LogP contribution in [-0.2, 0) is 6.18 Å². The number of hydrogen-bond acceptors (Lipinski definition) is 1. The zero-order valence-corrected chi connectivity index (χ0v) is 12.9. The highest BCUT2D eigenvalue weighted by atomic mass is 79.9. The molecule has 2 unspecified atom stereocenters. The Morgan fingerprint density at radius 1 is 1.32 bits per heavy atom. The van der Waals surface area contributed by atoms with E-state index in [1.807, 2.05) is 0 Å². The van der Waals surface area contributed by atoms with Gasteiger partial charge in [0.25, 0.3) is 0 Å². The first-order chi connectivity index (χ1) is 8.79. The van der Waals surface area contributed by atoms with Crippen molar-refractivity contribution >= 4 is 15.9 Å². The van der Waals surface area contributed by atoms with Gasteiger partial charge < -0.3 is 5.32 Å². The molecule has 0 saturated carbocycles. The van der Waals surface area contributed by atoms with Crippen LogP contribution in [0.4, 0.5) is 13.2 Å². The molecule has 1 nitrogen and oxygen atoms in total. The summed E-state index contributed by atoms with van der Waals surface area (Å²) in [5.74, 6) is 0.457. The molecule has 0 bridgehead atoms. The molecule has 0 fully saturated rings. The van der Waals surface area contributed by atoms with Gasteiger partial charge in [0.1, 0.15) is 0 Å². The van der Waals surface area contributed by atoms with Crippen molar-refractivity contribution in [1.29, 1.82) is 0 Å². The lowest BCUT2D eigenvalue weighted by atomic mass is 9.93. The smallest absolute Gasteiger partial charge is 0.313 e. The minimum Gasteiger partial charge on any atom is -0.313 e. The van der Waals surface area contributed by atoms with E-state index in [2.05, 4.69) is 35.1 Å². The monoisotopic (exact) mass is 337 g/mol. The van der Waals surface area contributed by atoms with Crippen LogP contribution in [0, 0.1) is 5.92 Å². The van der Waals surface area contributed by atoms with Crippen molar-refractivity contribution in [3.8, 4) is 0 Å². The predicted molar refractivity (Wildman–Crippen MR) is 75.0 cm³/mol. The molecule has 0 saturated heterocycles.